The molecule has 0 fully saturated rings. The van der Waals surface area contributed by atoms with Gasteiger partial charge in [-0.05, 0) is 24.9 Å². The lowest BCUT2D eigenvalue weighted by Gasteiger charge is -2.29. The zero-order valence-electron chi connectivity index (χ0n) is 13.8. The van der Waals surface area contributed by atoms with Crippen molar-refractivity contribution in [2.45, 2.75) is 91.1 Å². The maximum absolute atomic E-state index is 6.20. The highest BCUT2D eigenvalue weighted by molar-refractivity contribution is 6.67. The highest BCUT2D eigenvalue weighted by atomic mass is 28.4. The average Bonchev–Trinajstić information content (AvgIpc) is 2.45. The second-order valence-electron chi connectivity index (χ2n) is 5.44. The van der Waals surface area contributed by atoms with Crippen LogP contribution in [0.2, 0.25) is 12.1 Å². The SMILES string of the molecule is CCCCCCO[Si](CC)(CC)OCCCCCC. The molecule has 3 heteroatoms. The second kappa shape index (κ2) is 13.1. The summed E-state index contributed by atoms with van der Waals surface area (Å²) in [7, 11) is -1.86. The van der Waals surface area contributed by atoms with Crippen LogP contribution in [0.3, 0.4) is 0 Å². The Morgan fingerprint density at radius 2 is 1.00 bits per heavy atom. The van der Waals surface area contributed by atoms with Crippen molar-refractivity contribution in [1.82, 2.24) is 0 Å². The van der Waals surface area contributed by atoms with Gasteiger partial charge in [-0.2, -0.15) is 0 Å². The van der Waals surface area contributed by atoms with Crippen LogP contribution in [0.4, 0.5) is 0 Å². The van der Waals surface area contributed by atoms with E-state index in [1.807, 2.05) is 0 Å². The molecule has 0 unspecified atom stereocenters. The van der Waals surface area contributed by atoms with Crippen LogP contribution in [0.15, 0.2) is 0 Å². The Morgan fingerprint density at radius 3 is 1.32 bits per heavy atom. The van der Waals surface area contributed by atoms with Crippen LogP contribution in [0.1, 0.15) is 79.1 Å². The molecule has 0 aliphatic rings. The maximum Gasteiger partial charge on any atom is 0.337 e. The Labute approximate surface area is 122 Å². The molecule has 0 saturated carbocycles. The first kappa shape index (κ1) is 19.1. The van der Waals surface area contributed by atoms with E-state index >= 15 is 0 Å². The summed E-state index contributed by atoms with van der Waals surface area (Å²) in [4.78, 5) is 0. The summed E-state index contributed by atoms with van der Waals surface area (Å²) in [5.41, 5.74) is 0. The molecular weight excluding hydrogens is 252 g/mol. The van der Waals surface area contributed by atoms with E-state index in [1.165, 1.54) is 51.4 Å². The van der Waals surface area contributed by atoms with Gasteiger partial charge < -0.3 is 8.85 Å². The van der Waals surface area contributed by atoms with E-state index in [4.69, 9.17) is 8.85 Å². The van der Waals surface area contributed by atoms with Gasteiger partial charge in [0, 0.05) is 13.2 Å². The van der Waals surface area contributed by atoms with Gasteiger partial charge in [0.05, 0.1) is 0 Å². The van der Waals surface area contributed by atoms with E-state index in [9.17, 15) is 0 Å². The molecule has 0 rings (SSSR count). The van der Waals surface area contributed by atoms with Crippen LogP contribution < -0.4 is 0 Å². The molecule has 19 heavy (non-hydrogen) atoms. The average molecular weight is 289 g/mol. The summed E-state index contributed by atoms with van der Waals surface area (Å²) >= 11 is 0. The first-order valence-corrected chi connectivity index (χ1v) is 10.8. The lowest BCUT2D eigenvalue weighted by Crippen LogP contribution is -2.41. The Hall–Kier alpha value is 0.137. The van der Waals surface area contributed by atoms with Crippen LogP contribution in [0, 0.1) is 0 Å². The Kier molecular flexibility index (Phi) is 13.2. The minimum atomic E-state index is -1.86. The molecule has 0 heterocycles. The molecule has 0 saturated heterocycles. The molecule has 0 aromatic heterocycles. The smallest absolute Gasteiger partial charge is 0.337 e. The highest BCUT2D eigenvalue weighted by Gasteiger charge is 2.33. The van der Waals surface area contributed by atoms with Crippen molar-refractivity contribution in [3.8, 4) is 0 Å². The predicted octanol–water partition coefficient (Wildman–Crippen LogP) is 5.66. The van der Waals surface area contributed by atoms with Crippen molar-refractivity contribution >= 4 is 8.56 Å². The third-order valence-electron chi connectivity index (χ3n) is 3.80. The van der Waals surface area contributed by atoms with Crippen LogP contribution in [0.5, 0.6) is 0 Å². The quantitative estimate of drug-likeness (QED) is 0.303. The standard InChI is InChI=1S/C16H36O2Si/c1-5-9-11-13-15-17-19(7-3,8-4)18-16-14-12-10-6-2/h5-16H2,1-4H3. The molecule has 0 aromatic carbocycles. The lowest BCUT2D eigenvalue weighted by atomic mass is 10.2. The first-order valence-electron chi connectivity index (χ1n) is 8.52. The summed E-state index contributed by atoms with van der Waals surface area (Å²) in [5, 5.41) is 0. The van der Waals surface area contributed by atoms with Crippen molar-refractivity contribution in [3.05, 3.63) is 0 Å². The van der Waals surface area contributed by atoms with Crippen molar-refractivity contribution in [3.63, 3.8) is 0 Å². The van der Waals surface area contributed by atoms with Crippen molar-refractivity contribution in [1.29, 1.82) is 0 Å². The van der Waals surface area contributed by atoms with E-state index in [0.717, 1.165) is 25.3 Å². The molecule has 0 radical (unpaired) electrons. The Morgan fingerprint density at radius 1 is 0.579 bits per heavy atom. The molecule has 0 aliphatic carbocycles. The van der Waals surface area contributed by atoms with Gasteiger partial charge in [-0.15, -0.1) is 0 Å². The fraction of sp³-hybridized carbons (Fsp3) is 1.00. The lowest BCUT2D eigenvalue weighted by molar-refractivity contribution is 0.163. The molecule has 0 bridgehead atoms. The Balaban J connectivity index is 3.83. The highest BCUT2D eigenvalue weighted by Crippen LogP contribution is 2.20. The summed E-state index contributed by atoms with van der Waals surface area (Å²) in [6, 6.07) is 2.18. The van der Waals surface area contributed by atoms with Crippen LogP contribution in [0.25, 0.3) is 0 Å². The van der Waals surface area contributed by atoms with Crippen molar-refractivity contribution in [2.24, 2.45) is 0 Å². The normalized spacial score (nSPS) is 12.0. The minimum Gasteiger partial charge on any atom is -0.394 e. The van der Waals surface area contributed by atoms with E-state index < -0.39 is 8.56 Å². The van der Waals surface area contributed by atoms with Gasteiger partial charge in [-0.25, -0.2) is 0 Å². The van der Waals surface area contributed by atoms with Crippen molar-refractivity contribution < 1.29 is 8.85 Å². The van der Waals surface area contributed by atoms with E-state index in [0.29, 0.717) is 0 Å². The number of hydrogen-bond acceptors (Lipinski definition) is 2. The minimum absolute atomic E-state index is 0.906. The molecule has 0 amide bonds. The summed E-state index contributed by atoms with van der Waals surface area (Å²) in [6.45, 7) is 10.8. The third-order valence-corrected chi connectivity index (χ3v) is 7.42. The molecule has 0 N–H and O–H groups in total. The molecule has 2 nitrogen and oxygen atoms in total. The van der Waals surface area contributed by atoms with Gasteiger partial charge in [0.15, 0.2) is 0 Å². The second-order valence-corrected chi connectivity index (χ2v) is 9.25. The van der Waals surface area contributed by atoms with E-state index in [2.05, 4.69) is 27.7 Å². The zero-order chi connectivity index (χ0) is 14.4. The molecule has 0 atom stereocenters. The molecule has 116 valence electrons. The number of hydrogen-bond donors (Lipinski definition) is 0. The van der Waals surface area contributed by atoms with Gasteiger partial charge in [-0.3, -0.25) is 0 Å². The zero-order valence-corrected chi connectivity index (χ0v) is 14.8. The molecule has 0 aromatic rings. The summed E-state index contributed by atoms with van der Waals surface area (Å²) in [5.74, 6) is 0. The van der Waals surface area contributed by atoms with E-state index in [1.54, 1.807) is 0 Å². The van der Waals surface area contributed by atoms with Gasteiger partial charge in [0.25, 0.3) is 0 Å². The van der Waals surface area contributed by atoms with E-state index in [-0.39, 0.29) is 0 Å². The van der Waals surface area contributed by atoms with Gasteiger partial charge in [0.1, 0.15) is 0 Å². The number of rotatable bonds is 14. The number of unbranched alkanes of at least 4 members (excludes halogenated alkanes) is 6. The summed E-state index contributed by atoms with van der Waals surface area (Å²) in [6.07, 6.45) is 10.2. The largest absolute Gasteiger partial charge is 0.394 e. The molecule has 0 spiro atoms. The topological polar surface area (TPSA) is 18.5 Å². The maximum atomic E-state index is 6.20. The van der Waals surface area contributed by atoms with Crippen LogP contribution in [-0.4, -0.2) is 21.8 Å². The van der Waals surface area contributed by atoms with Crippen LogP contribution >= 0.6 is 0 Å². The fourth-order valence-corrected chi connectivity index (χ4v) is 4.71. The fourth-order valence-electron chi connectivity index (χ4n) is 2.27. The van der Waals surface area contributed by atoms with Gasteiger partial charge >= 0.3 is 8.56 Å². The van der Waals surface area contributed by atoms with Gasteiger partial charge in [0.2, 0.25) is 0 Å². The van der Waals surface area contributed by atoms with Gasteiger partial charge in [-0.1, -0.05) is 66.2 Å². The molecular formula is C16H36O2Si. The summed E-state index contributed by atoms with van der Waals surface area (Å²) < 4.78 is 12.4. The van der Waals surface area contributed by atoms with Crippen LogP contribution in [-0.2, 0) is 8.85 Å². The van der Waals surface area contributed by atoms with Crippen molar-refractivity contribution in [2.75, 3.05) is 13.2 Å². The monoisotopic (exact) mass is 288 g/mol. The Bertz CT molecular complexity index is 166. The molecule has 0 aliphatic heterocycles. The first-order chi connectivity index (χ1) is 9.24. The third kappa shape index (κ3) is 9.64. The predicted molar refractivity (Wildman–Crippen MR) is 86.9 cm³/mol.